The van der Waals surface area contributed by atoms with Gasteiger partial charge >= 0.3 is 0 Å². The quantitative estimate of drug-likeness (QED) is 0.600. The van der Waals surface area contributed by atoms with Crippen LogP contribution in [0.4, 0.5) is 0 Å². The van der Waals surface area contributed by atoms with Gasteiger partial charge in [0.05, 0.1) is 12.9 Å². The zero-order chi connectivity index (χ0) is 19.2. The molecule has 0 spiro atoms. The van der Waals surface area contributed by atoms with E-state index in [0.29, 0.717) is 22.5 Å². The lowest BCUT2D eigenvalue weighted by molar-refractivity contribution is -0.115. The Morgan fingerprint density at radius 3 is 2.59 bits per heavy atom. The second-order valence-electron chi connectivity index (χ2n) is 5.71. The topological polar surface area (TPSA) is 92.3 Å². The van der Waals surface area contributed by atoms with Crippen LogP contribution in [-0.4, -0.2) is 33.5 Å². The highest BCUT2D eigenvalue weighted by atomic mass is 32.2. The van der Waals surface area contributed by atoms with Crippen LogP contribution in [-0.2, 0) is 4.79 Å². The summed E-state index contributed by atoms with van der Waals surface area (Å²) in [6.07, 6.45) is -0.382. The van der Waals surface area contributed by atoms with Gasteiger partial charge in [0.1, 0.15) is 11.5 Å². The van der Waals surface area contributed by atoms with Crippen molar-refractivity contribution < 1.29 is 14.3 Å². The van der Waals surface area contributed by atoms with E-state index in [1.54, 1.807) is 7.11 Å². The summed E-state index contributed by atoms with van der Waals surface area (Å²) >= 11 is 1.24. The minimum Gasteiger partial charge on any atom is -0.497 e. The van der Waals surface area contributed by atoms with Gasteiger partial charge in [-0.3, -0.25) is 9.36 Å². The van der Waals surface area contributed by atoms with Crippen LogP contribution in [0.2, 0.25) is 0 Å². The first-order valence-electron chi connectivity index (χ1n) is 8.31. The molecule has 140 valence electrons. The van der Waals surface area contributed by atoms with Crippen molar-refractivity contribution >= 4 is 17.7 Å². The van der Waals surface area contributed by atoms with Gasteiger partial charge < -0.3 is 15.2 Å². The molecule has 0 saturated heterocycles. The van der Waals surface area contributed by atoms with Crippen molar-refractivity contribution in [3.8, 4) is 17.2 Å². The largest absolute Gasteiger partial charge is 0.497 e. The molecule has 2 aromatic carbocycles. The number of para-hydroxylation sites is 1. The normalized spacial score (nSPS) is 11.8. The Morgan fingerprint density at radius 1 is 1.15 bits per heavy atom. The van der Waals surface area contributed by atoms with E-state index in [4.69, 9.17) is 15.2 Å². The molecule has 27 heavy (non-hydrogen) atoms. The van der Waals surface area contributed by atoms with Crippen molar-refractivity contribution in [3.63, 3.8) is 0 Å². The number of rotatable bonds is 8. The number of amides is 1. The van der Waals surface area contributed by atoms with Gasteiger partial charge in [-0.05, 0) is 31.2 Å². The Kier molecular flexibility index (Phi) is 5.97. The summed E-state index contributed by atoms with van der Waals surface area (Å²) in [4.78, 5) is 11.2. The first kappa shape index (κ1) is 18.8. The maximum atomic E-state index is 11.2. The van der Waals surface area contributed by atoms with Gasteiger partial charge in [0.25, 0.3) is 0 Å². The number of aromatic nitrogens is 3. The lowest BCUT2D eigenvalue weighted by atomic mass is 10.3. The van der Waals surface area contributed by atoms with Crippen LogP contribution in [0.25, 0.3) is 5.69 Å². The minimum atomic E-state index is -0.412. The van der Waals surface area contributed by atoms with E-state index in [-0.39, 0.29) is 11.9 Å². The van der Waals surface area contributed by atoms with E-state index in [1.165, 1.54) is 11.8 Å². The molecule has 3 aromatic rings. The van der Waals surface area contributed by atoms with E-state index in [0.717, 1.165) is 5.69 Å². The maximum absolute atomic E-state index is 11.2. The van der Waals surface area contributed by atoms with Gasteiger partial charge in [-0.1, -0.05) is 36.0 Å². The SMILES string of the molecule is COc1cccc(OC(C)c2nnc(SCC(N)=O)n2-c2ccccc2)c1. The fourth-order valence-corrected chi connectivity index (χ4v) is 3.22. The third-order valence-electron chi connectivity index (χ3n) is 3.73. The molecule has 8 heteroatoms. The summed E-state index contributed by atoms with van der Waals surface area (Å²) < 4.78 is 13.1. The first-order valence-corrected chi connectivity index (χ1v) is 9.29. The van der Waals surface area contributed by atoms with E-state index >= 15 is 0 Å². The van der Waals surface area contributed by atoms with Crippen LogP contribution in [0.1, 0.15) is 18.9 Å². The Labute approximate surface area is 161 Å². The highest BCUT2D eigenvalue weighted by Gasteiger charge is 2.21. The fourth-order valence-electron chi connectivity index (χ4n) is 2.52. The number of methoxy groups -OCH3 is 1. The molecule has 0 aliphatic rings. The maximum Gasteiger partial charge on any atom is 0.227 e. The van der Waals surface area contributed by atoms with Gasteiger partial charge in [0.15, 0.2) is 17.1 Å². The number of ether oxygens (including phenoxy) is 2. The number of carbonyl (C=O) groups excluding carboxylic acids is 1. The summed E-state index contributed by atoms with van der Waals surface area (Å²) in [5, 5.41) is 9.10. The van der Waals surface area contributed by atoms with Gasteiger partial charge in [-0.15, -0.1) is 10.2 Å². The molecule has 1 unspecified atom stereocenters. The van der Waals surface area contributed by atoms with Crippen LogP contribution < -0.4 is 15.2 Å². The molecule has 0 fully saturated rings. The van der Waals surface area contributed by atoms with Crippen molar-refractivity contribution in [2.24, 2.45) is 5.73 Å². The standard InChI is InChI=1S/C19H20N4O3S/c1-13(26-16-10-6-9-15(11-16)25-2)18-21-22-19(27-12-17(20)24)23(18)14-7-4-3-5-8-14/h3-11,13H,12H2,1-2H3,(H2,20,24). The highest BCUT2D eigenvalue weighted by molar-refractivity contribution is 7.99. The van der Waals surface area contributed by atoms with Gasteiger partial charge in [-0.2, -0.15) is 0 Å². The summed E-state index contributed by atoms with van der Waals surface area (Å²) in [5.41, 5.74) is 6.15. The van der Waals surface area contributed by atoms with E-state index in [2.05, 4.69) is 10.2 Å². The molecule has 3 rings (SSSR count). The molecule has 1 atom stereocenters. The second-order valence-corrected chi connectivity index (χ2v) is 6.65. The molecule has 0 aliphatic heterocycles. The number of nitrogens with two attached hydrogens (primary N) is 1. The first-order chi connectivity index (χ1) is 13.1. The number of thioether (sulfide) groups is 1. The van der Waals surface area contributed by atoms with Gasteiger partial charge in [0, 0.05) is 11.8 Å². The molecule has 0 radical (unpaired) electrons. The van der Waals surface area contributed by atoms with Crippen LogP contribution in [0.15, 0.2) is 59.8 Å². The molecule has 1 aromatic heterocycles. The van der Waals surface area contributed by atoms with Crippen LogP contribution in [0, 0.1) is 0 Å². The van der Waals surface area contributed by atoms with Gasteiger partial charge in [0.2, 0.25) is 5.91 Å². The molecule has 7 nitrogen and oxygen atoms in total. The summed E-state index contributed by atoms with van der Waals surface area (Å²) in [5.74, 6) is 1.70. The van der Waals surface area contributed by atoms with Crippen molar-refractivity contribution in [2.75, 3.05) is 12.9 Å². The molecule has 0 bridgehead atoms. The van der Waals surface area contributed by atoms with Crippen LogP contribution >= 0.6 is 11.8 Å². The number of benzene rings is 2. The Balaban J connectivity index is 1.92. The second kappa shape index (κ2) is 8.59. The van der Waals surface area contributed by atoms with Crippen LogP contribution in [0.5, 0.6) is 11.5 Å². The highest BCUT2D eigenvalue weighted by Crippen LogP contribution is 2.28. The predicted molar refractivity (Wildman–Crippen MR) is 103 cm³/mol. The number of nitrogens with zero attached hydrogens (tertiary/aromatic N) is 3. The average Bonchev–Trinajstić information content (AvgIpc) is 3.11. The van der Waals surface area contributed by atoms with Crippen molar-refractivity contribution in [1.29, 1.82) is 0 Å². The fraction of sp³-hybridized carbons (Fsp3) is 0.211. The van der Waals surface area contributed by atoms with Crippen molar-refractivity contribution in [3.05, 3.63) is 60.4 Å². The van der Waals surface area contributed by atoms with Crippen LogP contribution in [0.3, 0.4) is 0 Å². The zero-order valence-corrected chi connectivity index (χ0v) is 15.8. The lowest BCUT2D eigenvalue weighted by Crippen LogP contribution is -2.14. The molecular formula is C19H20N4O3S. The molecule has 1 heterocycles. The minimum absolute atomic E-state index is 0.121. The number of primary amides is 1. The number of hydrogen-bond acceptors (Lipinski definition) is 6. The number of hydrogen-bond donors (Lipinski definition) is 1. The average molecular weight is 384 g/mol. The predicted octanol–water partition coefficient (Wildman–Crippen LogP) is 2.99. The molecule has 1 amide bonds. The Bertz CT molecular complexity index is 914. The third kappa shape index (κ3) is 4.59. The monoisotopic (exact) mass is 384 g/mol. The van der Waals surface area contributed by atoms with Crippen molar-refractivity contribution in [2.45, 2.75) is 18.2 Å². The molecule has 2 N–H and O–H groups in total. The lowest BCUT2D eigenvalue weighted by Gasteiger charge is -2.17. The molecule has 0 saturated carbocycles. The van der Waals surface area contributed by atoms with E-state index in [9.17, 15) is 4.79 Å². The molecule has 0 aliphatic carbocycles. The third-order valence-corrected chi connectivity index (χ3v) is 4.69. The summed E-state index contributed by atoms with van der Waals surface area (Å²) in [7, 11) is 1.61. The smallest absolute Gasteiger partial charge is 0.227 e. The Hall–Kier alpha value is -3.00. The molecular weight excluding hydrogens is 364 g/mol. The zero-order valence-electron chi connectivity index (χ0n) is 15.0. The summed E-state index contributed by atoms with van der Waals surface area (Å²) in [6, 6.07) is 17.0. The number of carbonyl (C=O) groups is 1. The Morgan fingerprint density at radius 2 is 1.89 bits per heavy atom. The van der Waals surface area contributed by atoms with E-state index < -0.39 is 5.91 Å². The van der Waals surface area contributed by atoms with E-state index in [1.807, 2.05) is 66.1 Å². The van der Waals surface area contributed by atoms with Crippen molar-refractivity contribution in [1.82, 2.24) is 14.8 Å². The summed E-state index contributed by atoms with van der Waals surface area (Å²) in [6.45, 7) is 1.89. The van der Waals surface area contributed by atoms with Gasteiger partial charge in [-0.25, -0.2) is 0 Å².